The van der Waals surface area contributed by atoms with Crippen molar-refractivity contribution in [2.75, 3.05) is 16.1 Å². The molecule has 0 aliphatic heterocycles. The predicted molar refractivity (Wildman–Crippen MR) is 141 cm³/mol. The molecule has 10 heteroatoms. The lowest BCUT2D eigenvalue weighted by Crippen LogP contribution is -2.36. The Bertz CT molecular complexity index is 1480. The van der Waals surface area contributed by atoms with Crippen LogP contribution in [0.4, 0.5) is 15.8 Å². The highest BCUT2D eigenvalue weighted by Gasteiger charge is 2.22. The molecular formula is C25H19Br2FN4O3. The highest BCUT2D eigenvalue weighted by atomic mass is 79.9. The van der Waals surface area contributed by atoms with Crippen molar-refractivity contribution in [3.63, 3.8) is 0 Å². The third-order valence-electron chi connectivity index (χ3n) is 5.31. The van der Waals surface area contributed by atoms with E-state index < -0.39 is 23.5 Å². The monoisotopic (exact) mass is 600 g/mol. The van der Waals surface area contributed by atoms with Gasteiger partial charge in [-0.15, -0.1) is 0 Å². The number of rotatable bonds is 4. The van der Waals surface area contributed by atoms with Gasteiger partial charge in [-0.1, -0.05) is 50.1 Å². The standard InChI is InChI=1S/C25H19Br2FN4O3/c1-13-4-3-5-14(2)22(13)30-23(33)21-11-15-10-16(26)7-9-20(15)32(21)31-25(35)24(34)29-19-8-6-17(27)12-18(19)28/h3-12H,1-2H3,(H,29,34)(H,30,33)(H,31,35). The van der Waals surface area contributed by atoms with E-state index in [2.05, 4.69) is 47.9 Å². The second-order valence-electron chi connectivity index (χ2n) is 7.81. The number of anilines is 2. The molecule has 1 aromatic heterocycles. The summed E-state index contributed by atoms with van der Waals surface area (Å²) in [4.78, 5) is 38.5. The summed E-state index contributed by atoms with van der Waals surface area (Å²) in [7, 11) is 0. The average molecular weight is 602 g/mol. The maximum Gasteiger partial charge on any atom is 0.328 e. The van der Waals surface area contributed by atoms with Crippen LogP contribution in [0.5, 0.6) is 0 Å². The van der Waals surface area contributed by atoms with E-state index >= 15 is 0 Å². The molecule has 0 aliphatic carbocycles. The van der Waals surface area contributed by atoms with Crippen molar-refractivity contribution < 1.29 is 18.8 Å². The summed E-state index contributed by atoms with van der Waals surface area (Å²) in [5, 5.41) is 5.79. The molecule has 0 radical (unpaired) electrons. The van der Waals surface area contributed by atoms with Crippen molar-refractivity contribution in [2.24, 2.45) is 0 Å². The van der Waals surface area contributed by atoms with Crippen molar-refractivity contribution in [3.05, 3.63) is 92.2 Å². The molecule has 1 heterocycles. The van der Waals surface area contributed by atoms with Crippen molar-refractivity contribution in [2.45, 2.75) is 13.8 Å². The Labute approximate surface area is 216 Å². The Morgan fingerprint density at radius 2 is 1.49 bits per heavy atom. The molecule has 0 saturated carbocycles. The molecule has 7 nitrogen and oxygen atoms in total. The normalized spacial score (nSPS) is 10.8. The van der Waals surface area contributed by atoms with E-state index in [0.717, 1.165) is 15.6 Å². The Balaban J connectivity index is 1.65. The van der Waals surface area contributed by atoms with Gasteiger partial charge >= 0.3 is 11.8 Å². The van der Waals surface area contributed by atoms with Crippen LogP contribution in [-0.2, 0) is 9.59 Å². The Hall–Kier alpha value is -3.50. The van der Waals surface area contributed by atoms with Gasteiger partial charge in [0.1, 0.15) is 11.5 Å². The van der Waals surface area contributed by atoms with Gasteiger partial charge in [-0.25, -0.2) is 9.07 Å². The Morgan fingerprint density at radius 3 is 2.17 bits per heavy atom. The molecule has 0 saturated heterocycles. The first kappa shape index (κ1) is 24.6. The fourth-order valence-electron chi connectivity index (χ4n) is 3.59. The Morgan fingerprint density at radius 1 is 0.829 bits per heavy atom. The molecule has 0 atom stereocenters. The fraction of sp³-hybridized carbons (Fsp3) is 0.0800. The lowest BCUT2D eigenvalue weighted by molar-refractivity contribution is -0.133. The van der Waals surface area contributed by atoms with Crippen LogP contribution in [0.3, 0.4) is 0 Å². The van der Waals surface area contributed by atoms with Gasteiger partial charge in [0.05, 0.1) is 11.2 Å². The Kier molecular flexibility index (Phi) is 7.04. The number of carbonyl (C=O) groups excluding carboxylic acids is 3. The van der Waals surface area contributed by atoms with Crippen molar-refractivity contribution in [1.82, 2.24) is 4.68 Å². The van der Waals surface area contributed by atoms with Crippen LogP contribution >= 0.6 is 31.9 Å². The number of aryl methyl sites for hydroxylation is 2. The van der Waals surface area contributed by atoms with E-state index in [9.17, 15) is 18.8 Å². The topological polar surface area (TPSA) is 92.2 Å². The van der Waals surface area contributed by atoms with E-state index in [4.69, 9.17) is 0 Å². The molecule has 35 heavy (non-hydrogen) atoms. The van der Waals surface area contributed by atoms with Crippen molar-refractivity contribution in [1.29, 1.82) is 0 Å². The van der Waals surface area contributed by atoms with Crippen LogP contribution in [0, 0.1) is 19.7 Å². The first-order chi connectivity index (χ1) is 16.6. The number of para-hydroxylation sites is 1. The number of hydrogen-bond donors (Lipinski definition) is 3. The maximum absolute atomic E-state index is 14.1. The quantitative estimate of drug-likeness (QED) is 0.255. The summed E-state index contributed by atoms with van der Waals surface area (Å²) in [5.41, 5.74) is 5.33. The summed E-state index contributed by atoms with van der Waals surface area (Å²) < 4.78 is 16.6. The minimum absolute atomic E-state index is 0.108. The summed E-state index contributed by atoms with van der Waals surface area (Å²) in [6.45, 7) is 3.76. The minimum atomic E-state index is -1.09. The number of nitrogens with zero attached hydrogens (tertiary/aromatic N) is 1. The van der Waals surface area contributed by atoms with E-state index in [-0.39, 0.29) is 11.4 Å². The molecule has 0 fully saturated rings. The summed E-state index contributed by atoms with van der Waals surface area (Å²) >= 11 is 6.54. The smallest absolute Gasteiger partial charge is 0.320 e. The highest BCUT2D eigenvalue weighted by molar-refractivity contribution is 9.10. The van der Waals surface area contributed by atoms with Crippen LogP contribution in [0.2, 0.25) is 0 Å². The molecule has 0 spiro atoms. The molecule has 3 aromatic carbocycles. The van der Waals surface area contributed by atoms with Crippen LogP contribution in [0.25, 0.3) is 10.9 Å². The van der Waals surface area contributed by atoms with Gasteiger partial charge in [0.25, 0.3) is 5.91 Å². The predicted octanol–water partition coefficient (Wildman–Crippen LogP) is 5.88. The van der Waals surface area contributed by atoms with Gasteiger partial charge in [-0.2, -0.15) is 0 Å². The molecular weight excluding hydrogens is 583 g/mol. The first-order valence-electron chi connectivity index (χ1n) is 10.4. The minimum Gasteiger partial charge on any atom is -0.320 e. The molecule has 0 bridgehead atoms. The number of amides is 3. The fourth-order valence-corrected chi connectivity index (χ4v) is 4.30. The lowest BCUT2D eigenvalue weighted by Gasteiger charge is -2.15. The van der Waals surface area contributed by atoms with Crippen LogP contribution < -0.4 is 16.1 Å². The number of halogens is 3. The zero-order valence-electron chi connectivity index (χ0n) is 18.6. The summed E-state index contributed by atoms with van der Waals surface area (Å²) in [5.74, 6) is -3.35. The summed E-state index contributed by atoms with van der Waals surface area (Å²) in [6, 6.07) is 16.5. The van der Waals surface area contributed by atoms with Gasteiger partial charge in [0.15, 0.2) is 0 Å². The van der Waals surface area contributed by atoms with Gasteiger partial charge in [-0.3, -0.25) is 19.8 Å². The SMILES string of the molecule is Cc1cccc(C)c1NC(=O)c1cc2cc(Br)ccc2n1NC(=O)C(=O)Nc1ccc(Br)cc1F. The average Bonchev–Trinajstić information content (AvgIpc) is 3.15. The van der Waals surface area contributed by atoms with Crippen molar-refractivity contribution >= 4 is 71.9 Å². The third kappa shape index (κ3) is 5.28. The largest absolute Gasteiger partial charge is 0.328 e. The second kappa shape index (κ2) is 10.0. The first-order valence-corrected chi connectivity index (χ1v) is 12.0. The molecule has 3 N–H and O–H groups in total. The molecule has 4 aromatic rings. The zero-order chi connectivity index (χ0) is 25.3. The zero-order valence-corrected chi connectivity index (χ0v) is 21.8. The van der Waals surface area contributed by atoms with Gasteiger partial charge in [0.2, 0.25) is 0 Å². The third-order valence-corrected chi connectivity index (χ3v) is 6.30. The summed E-state index contributed by atoms with van der Waals surface area (Å²) in [6.07, 6.45) is 0. The van der Waals surface area contributed by atoms with Gasteiger partial charge < -0.3 is 10.6 Å². The molecule has 178 valence electrons. The van der Waals surface area contributed by atoms with E-state index in [1.807, 2.05) is 32.0 Å². The number of benzene rings is 3. The number of nitrogens with one attached hydrogen (secondary N) is 3. The highest BCUT2D eigenvalue weighted by Crippen LogP contribution is 2.26. The number of aromatic nitrogens is 1. The van der Waals surface area contributed by atoms with Crippen molar-refractivity contribution in [3.8, 4) is 0 Å². The van der Waals surface area contributed by atoms with Crippen LogP contribution in [0.15, 0.2) is 69.6 Å². The molecule has 3 amide bonds. The maximum atomic E-state index is 14.1. The number of fused-ring (bicyclic) bond motifs is 1. The molecule has 0 aliphatic rings. The van der Waals surface area contributed by atoms with E-state index in [1.54, 1.807) is 24.3 Å². The van der Waals surface area contributed by atoms with Gasteiger partial charge in [-0.05, 0) is 67.4 Å². The molecule has 4 rings (SSSR count). The van der Waals surface area contributed by atoms with Gasteiger partial charge in [0, 0.05) is 20.0 Å². The van der Waals surface area contributed by atoms with Crippen LogP contribution in [0.1, 0.15) is 21.6 Å². The van der Waals surface area contributed by atoms with E-state index in [0.29, 0.717) is 21.1 Å². The van der Waals surface area contributed by atoms with Crippen LogP contribution in [-0.4, -0.2) is 22.4 Å². The van der Waals surface area contributed by atoms with E-state index in [1.165, 1.54) is 22.9 Å². The molecule has 0 unspecified atom stereocenters. The number of carbonyl (C=O) groups is 3. The lowest BCUT2D eigenvalue weighted by atomic mass is 10.1. The number of hydrogen-bond acceptors (Lipinski definition) is 3. The second-order valence-corrected chi connectivity index (χ2v) is 9.64.